The van der Waals surface area contributed by atoms with Crippen LogP contribution in [0.2, 0.25) is 5.02 Å². The molecule has 1 fully saturated rings. The maximum atomic E-state index is 6.36. The fraction of sp³-hybridized carbons (Fsp3) is 0.400. The first-order valence-electron chi connectivity index (χ1n) is 6.69. The molecular formula is C15H18ClN3. The van der Waals surface area contributed by atoms with E-state index in [1.807, 2.05) is 23.7 Å². The average Bonchev–Trinajstić information content (AvgIpc) is 3.12. The molecular weight excluding hydrogens is 258 g/mol. The number of aryl methyl sites for hydroxylation is 2. The summed E-state index contributed by atoms with van der Waals surface area (Å²) in [5.41, 5.74) is 4.36. The summed E-state index contributed by atoms with van der Waals surface area (Å²) >= 11 is 6.36. The summed E-state index contributed by atoms with van der Waals surface area (Å²) in [5.74, 6) is 0. The zero-order chi connectivity index (χ0) is 13.4. The first-order valence-corrected chi connectivity index (χ1v) is 7.07. The Morgan fingerprint density at radius 1 is 1.37 bits per heavy atom. The van der Waals surface area contributed by atoms with Crippen LogP contribution >= 0.6 is 11.6 Å². The minimum atomic E-state index is 0.671. The topological polar surface area (TPSA) is 29.9 Å². The van der Waals surface area contributed by atoms with Gasteiger partial charge in [-0.05, 0) is 44.9 Å². The molecule has 1 heterocycles. The van der Waals surface area contributed by atoms with Gasteiger partial charge in [-0.3, -0.25) is 0 Å². The Hall–Kier alpha value is -1.32. The summed E-state index contributed by atoms with van der Waals surface area (Å²) < 4.78 is 1.98. The van der Waals surface area contributed by atoms with Gasteiger partial charge in [-0.25, -0.2) is 4.68 Å². The Morgan fingerprint density at radius 3 is 2.79 bits per heavy atom. The Kier molecular flexibility index (Phi) is 3.33. The van der Waals surface area contributed by atoms with Crippen LogP contribution in [0.15, 0.2) is 24.3 Å². The second kappa shape index (κ2) is 4.99. The Labute approximate surface area is 118 Å². The number of nitrogens with one attached hydrogen (secondary N) is 1. The van der Waals surface area contributed by atoms with Crippen LogP contribution in [0.1, 0.15) is 29.8 Å². The zero-order valence-corrected chi connectivity index (χ0v) is 12.0. The summed E-state index contributed by atoms with van der Waals surface area (Å²) in [6, 6.07) is 8.76. The van der Waals surface area contributed by atoms with E-state index in [9.17, 15) is 0 Å². The van der Waals surface area contributed by atoms with E-state index in [1.54, 1.807) is 0 Å². The highest BCUT2D eigenvalue weighted by Gasteiger charge is 2.21. The van der Waals surface area contributed by atoms with Crippen molar-refractivity contribution in [2.45, 2.75) is 39.3 Å². The number of benzene rings is 1. The monoisotopic (exact) mass is 275 g/mol. The largest absolute Gasteiger partial charge is 0.310 e. The fourth-order valence-corrected chi connectivity index (χ4v) is 2.56. The first kappa shape index (κ1) is 12.7. The van der Waals surface area contributed by atoms with E-state index in [0.29, 0.717) is 6.04 Å². The van der Waals surface area contributed by atoms with Crippen LogP contribution in [0.3, 0.4) is 0 Å². The lowest BCUT2D eigenvalue weighted by Gasteiger charge is -2.13. The van der Waals surface area contributed by atoms with Gasteiger partial charge >= 0.3 is 0 Å². The quantitative estimate of drug-likeness (QED) is 0.927. The summed E-state index contributed by atoms with van der Waals surface area (Å²) in [5, 5.41) is 8.88. The maximum absolute atomic E-state index is 6.36. The number of hydrogen-bond donors (Lipinski definition) is 1. The molecule has 0 amide bonds. The normalized spacial score (nSPS) is 14.9. The van der Waals surface area contributed by atoms with E-state index in [0.717, 1.165) is 34.2 Å². The number of rotatable bonds is 4. The van der Waals surface area contributed by atoms with Crippen molar-refractivity contribution in [3.63, 3.8) is 0 Å². The van der Waals surface area contributed by atoms with E-state index in [4.69, 9.17) is 11.6 Å². The summed E-state index contributed by atoms with van der Waals surface area (Å²) in [6.07, 6.45) is 2.55. The SMILES string of the molecule is Cc1cc(C)n(-c2cccc(Cl)c2CNC2CC2)n1. The van der Waals surface area contributed by atoms with Crippen LogP contribution in [0, 0.1) is 13.8 Å². The van der Waals surface area contributed by atoms with Crippen molar-refractivity contribution < 1.29 is 0 Å². The average molecular weight is 276 g/mol. The molecule has 4 heteroatoms. The molecule has 0 unspecified atom stereocenters. The molecule has 0 radical (unpaired) electrons. The van der Waals surface area contributed by atoms with Gasteiger partial charge in [0.1, 0.15) is 0 Å². The third kappa shape index (κ3) is 2.67. The van der Waals surface area contributed by atoms with Gasteiger partial charge in [-0.1, -0.05) is 17.7 Å². The van der Waals surface area contributed by atoms with Gasteiger partial charge < -0.3 is 5.32 Å². The van der Waals surface area contributed by atoms with Crippen molar-refractivity contribution in [1.29, 1.82) is 0 Å². The minimum absolute atomic E-state index is 0.671. The molecule has 0 spiro atoms. The molecule has 0 aliphatic heterocycles. The van der Waals surface area contributed by atoms with Crippen molar-refractivity contribution in [2.75, 3.05) is 0 Å². The van der Waals surface area contributed by atoms with Crippen LogP contribution in [-0.4, -0.2) is 15.8 Å². The molecule has 100 valence electrons. The third-order valence-electron chi connectivity index (χ3n) is 3.48. The number of hydrogen-bond acceptors (Lipinski definition) is 2. The van der Waals surface area contributed by atoms with Gasteiger partial charge in [0.05, 0.1) is 11.4 Å². The highest BCUT2D eigenvalue weighted by molar-refractivity contribution is 6.31. The second-order valence-corrected chi connectivity index (χ2v) is 5.64. The highest BCUT2D eigenvalue weighted by Crippen LogP contribution is 2.26. The Morgan fingerprint density at radius 2 is 2.16 bits per heavy atom. The second-order valence-electron chi connectivity index (χ2n) is 5.23. The molecule has 1 saturated carbocycles. The van der Waals surface area contributed by atoms with Crippen LogP contribution in [0.4, 0.5) is 0 Å². The van der Waals surface area contributed by atoms with Crippen molar-refractivity contribution in [3.8, 4) is 5.69 Å². The predicted molar refractivity (Wildman–Crippen MR) is 77.9 cm³/mol. The molecule has 0 atom stereocenters. The van der Waals surface area contributed by atoms with Crippen molar-refractivity contribution in [2.24, 2.45) is 0 Å². The molecule has 1 N–H and O–H groups in total. The summed E-state index contributed by atoms with van der Waals surface area (Å²) in [4.78, 5) is 0. The van der Waals surface area contributed by atoms with E-state index in [2.05, 4.69) is 29.5 Å². The molecule has 3 rings (SSSR count). The van der Waals surface area contributed by atoms with Crippen LogP contribution in [-0.2, 0) is 6.54 Å². The van der Waals surface area contributed by atoms with Gasteiger partial charge in [-0.2, -0.15) is 5.10 Å². The predicted octanol–water partition coefficient (Wildman–Crippen LogP) is 3.39. The van der Waals surface area contributed by atoms with Gasteiger partial charge in [0.2, 0.25) is 0 Å². The fourth-order valence-electron chi connectivity index (χ4n) is 2.33. The number of halogens is 1. The molecule has 1 aromatic heterocycles. The summed E-state index contributed by atoms with van der Waals surface area (Å²) in [7, 11) is 0. The Bertz CT molecular complexity index is 599. The van der Waals surface area contributed by atoms with Crippen molar-refractivity contribution in [3.05, 3.63) is 46.2 Å². The van der Waals surface area contributed by atoms with Gasteiger partial charge in [0, 0.05) is 28.9 Å². The zero-order valence-electron chi connectivity index (χ0n) is 11.3. The lowest BCUT2D eigenvalue weighted by Crippen LogP contribution is -2.17. The van der Waals surface area contributed by atoms with Gasteiger partial charge in [0.15, 0.2) is 0 Å². The van der Waals surface area contributed by atoms with E-state index >= 15 is 0 Å². The Balaban J connectivity index is 1.99. The first-order chi connectivity index (χ1) is 9.15. The number of nitrogens with zero attached hydrogens (tertiary/aromatic N) is 2. The van der Waals surface area contributed by atoms with Gasteiger partial charge in [-0.15, -0.1) is 0 Å². The molecule has 0 bridgehead atoms. The van der Waals surface area contributed by atoms with Crippen molar-refractivity contribution in [1.82, 2.24) is 15.1 Å². The molecule has 1 aliphatic carbocycles. The third-order valence-corrected chi connectivity index (χ3v) is 3.83. The molecule has 3 nitrogen and oxygen atoms in total. The number of aromatic nitrogens is 2. The van der Waals surface area contributed by atoms with E-state index in [1.165, 1.54) is 12.8 Å². The van der Waals surface area contributed by atoms with E-state index < -0.39 is 0 Å². The van der Waals surface area contributed by atoms with Crippen LogP contribution in [0.25, 0.3) is 5.69 Å². The lowest BCUT2D eigenvalue weighted by molar-refractivity contribution is 0.679. The lowest BCUT2D eigenvalue weighted by atomic mass is 10.1. The molecule has 19 heavy (non-hydrogen) atoms. The molecule has 2 aromatic rings. The van der Waals surface area contributed by atoms with Crippen molar-refractivity contribution >= 4 is 11.6 Å². The molecule has 0 saturated heterocycles. The standard InChI is InChI=1S/C15H18ClN3/c1-10-8-11(2)19(18-10)15-5-3-4-14(16)13(15)9-17-12-6-7-12/h3-5,8,12,17H,6-7,9H2,1-2H3. The highest BCUT2D eigenvalue weighted by atomic mass is 35.5. The smallest absolute Gasteiger partial charge is 0.0708 e. The maximum Gasteiger partial charge on any atom is 0.0708 e. The minimum Gasteiger partial charge on any atom is -0.310 e. The van der Waals surface area contributed by atoms with Gasteiger partial charge in [0.25, 0.3) is 0 Å². The van der Waals surface area contributed by atoms with Crippen LogP contribution in [0.5, 0.6) is 0 Å². The molecule has 1 aliphatic rings. The molecule has 1 aromatic carbocycles. The summed E-state index contributed by atoms with van der Waals surface area (Å²) in [6.45, 7) is 4.88. The van der Waals surface area contributed by atoms with E-state index in [-0.39, 0.29) is 0 Å². The van der Waals surface area contributed by atoms with Crippen LogP contribution < -0.4 is 5.32 Å².